The lowest BCUT2D eigenvalue weighted by Crippen LogP contribution is -2.08. The number of hydrogen-bond donors (Lipinski definition) is 0. The first-order valence-electron chi connectivity index (χ1n) is 6.35. The molecule has 0 spiro atoms. The first-order valence-corrected chi connectivity index (χ1v) is 6.35. The predicted molar refractivity (Wildman–Crippen MR) is 75.0 cm³/mol. The van der Waals surface area contributed by atoms with Crippen LogP contribution in [-0.2, 0) is 4.79 Å². The van der Waals surface area contributed by atoms with E-state index in [1.165, 1.54) is 0 Å². The molecular weight excluding hydrogens is 224 g/mol. The molecule has 0 aliphatic rings. The normalized spacial score (nSPS) is 12.2. The van der Waals surface area contributed by atoms with Crippen LogP contribution in [0.15, 0.2) is 36.9 Å². The Labute approximate surface area is 110 Å². The summed E-state index contributed by atoms with van der Waals surface area (Å²) in [4.78, 5) is 11.8. The maximum Gasteiger partial charge on any atom is 0.134 e. The number of allylic oxidation sites excluding steroid dienone is 1. The zero-order valence-corrected chi connectivity index (χ0v) is 11.5. The third-order valence-corrected chi connectivity index (χ3v) is 2.91. The van der Waals surface area contributed by atoms with E-state index in [2.05, 4.69) is 20.4 Å². The largest absolute Gasteiger partial charge is 0.497 e. The minimum absolute atomic E-state index is 0.0992. The van der Waals surface area contributed by atoms with Crippen molar-refractivity contribution in [1.82, 2.24) is 0 Å². The highest BCUT2D eigenvalue weighted by atomic mass is 16.5. The number of ether oxygens (including phenoxy) is 1. The molecule has 0 bridgehead atoms. The first-order chi connectivity index (χ1) is 8.56. The van der Waals surface area contributed by atoms with Crippen molar-refractivity contribution in [2.75, 3.05) is 7.11 Å². The van der Waals surface area contributed by atoms with Gasteiger partial charge in [0.2, 0.25) is 0 Å². The van der Waals surface area contributed by atoms with Crippen LogP contribution in [0.1, 0.15) is 38.2 Å². The molecule has 0 heterocycles. The third-order valence-electron chi connectivity index (χ3n) is 2.91. The molecule has 0 amide bonds. The van der Waals surface area contributed by atoms with Crippen molar-refractivity contribution >= 4 is 5.78 Å². The lowest BCUT2D eigenvalue weighted by molar-refractivity contribution is -0.119. The summed E-state index contributed by atoms with van der Waals surface area (Å²) in [5.41, 5.74) is 1.11. The summed E-state index contributed by atoms with van der Waals surface area (Å²) < 4.78 is 5.12. The van der Waals surface area contributed by atoms with Crippen LogP contribution in [0, 0.1) is 5.92 Å². The maximum absolute atomic E-state index is 11.8. The van der Waals surface area contributed by atoms with Gasteiger partial charge in [-0.1, -0.05) is 32.1 Å². The van der Waals surface area contributed by atoms with E-state index in [4.69, 9.17) is 4.74 Å². The van der Waals surface area contributed by atoms with Crippen LogP contribution in [0.2, 0.25) is 0 Å². The Morgan fingerprint density at radius 3 is 2.33 bits per heavy atom. The van der Waals surface area contributed by atoms with Crippen molar-refractivity contribution in [1.29, 1.82) is 0 Å². The van der Waals surface area contributed by atoms with Crippen molar-refractivity contribution in [3.8, 4) is 5.75 Å². The van der Waals surface area contributed by atoms with E-state index in [0.29, 0.717) is 24.5 Å². The highest BCUT2D eigenvalue weighted by molar-refractivity contribution is 5.79. The Bertz CT molecular complexity index is 390. The SMILES string of the molecule is C=C[C@@H](CC(=O)CC(C)C)c1ccc(OC)cc1. The third kappa shape index (κ3) is 4.36. The van der Waals surface area contributed by atoms with E-state index < -0.39 is 0 Å². The quantitative estimate of drug-likeness (QED) is 0.680. The Hall–Kier alpha value is -1.57. The van der Waals surface area contributed by atoms with Gasteiger partial charge >= 0.3 is 0 Å². The summed E-state index contributed by atoms with van der Waals surface area (Å²) in [5, 5.41) is 0. The van der Waals surface area contributed by atoms with Gasteiger partial charge in [0.1, 0.15) is 11.5 Å². The fourth-order valence-electron chi connectivity index (χ4n) is 1.97. The molecule has 0 N–H and O–H groups in total. The van der Waals surface area contributed by atoms with E-state index in [9.17, 15) is 4.79 Å². The molecule has 1 aromatic carbocycles. The Morgan fingerprint density at radius 1 is 1.28 bits per heavy atom. The summed E-state index contributed by atoms with van der Waals surface area (Å²) in [7, 11) is 1.64. The van der Waals surface area contributed by atoms with Crippen LogP contribution in [0.4, 0.5) is 0 Å². The molecule has 0 saturated carbocycles. The summed E-state index contributed by atoms with van der Waals surface area (Å²) in [6.45, 7) is 7.96. The number of carbonyl (C=O) groups excluding carboxylic acids is 1. The average molecular weight is 246 g/mol. The van der Waals surface area contributed by atoms with Crippen LogP contribution in [0.5, 0.6) is 5.75 Å². The minimum atomic E-state index is 0.0992. The minimum Gasteiger partial charge on any atom is -0.497 e. The molecule has 2 heteroatoms. The first kappa shape index (κ1) is 14.5. The lowest BCUT2D eigenvalue weighted by atomic mass is 9.91. The molecule has 0 aromatic heterocycles. The van der Waals surface area contributed by atoms with Gasteiger partial charge in [-0.3, -0.25) is 4.79 Å². The van der Waals surface area contributed by atoms with Crippen molar-refractivity contribution < 1.29 is 9.53 Å². The second-order valence-corrected chi connectivity index (χ2v) is 4.96. The van der Waals surface area contributed by atoms with Gasteiger partial charge < -0.3 is 4.74 Å². The molecule has 1 rings (SSSR count). The Balaban J connectivity index is 2.70. The monoisotopic (exact) mass is 246 g/mol. The van der Waals surface area contributed by atoms with E-state index in [0.717, 1.165) is 11.3 Å². The Morgan fingerprint density at radius 2 is 1.89 bits per heavy atom. The van der Waals surface area contributed by atoms with Crippen LogP contribution >= 0.6 is 0 Å². The number of carbonyl (C=O) groups is 1. The second-order valence-electron chi connectivity index (χ2n) is 4.96. The summed E-state index contributed by atoms with van der Waals surface area (Å²) in [5.74, 6) is 1.64. The number of Topliss-reactive ketones (excluding diaryl/α,β-unsaturated/α-hetero) is 1. The fraction of sp³-hybridized carbons (Fsp3) is 0.438. The topological polar surface area (TPSA) is 26.3 Å². The number of benzene rings is 1. The molecule has 0 radical (unpaired) electrons. The fourth-order valence-corrected chi connectivity index (χ4v) is 1.97. The van der Waals surface area contributed by atoms with Gasteiger partial charge in [0.05, 0.1) is 7.11 Å². The zero-order valence-electron chi connectivity index (χ0n) is 11.5. The zero-order chi connectivity index (χ0) is 13.5. The van der Waals surface area contributed by atoms with Crippen molar-refractivity contribution in [3.05, 3.63) is 42.5 Å². The molecule has 1 aromatic rings. The highest BCUT2D eigenvalue weighted by Gasteiger charge is 2.14. The molecule has 1 atom stereocenters. The molecule has 0 aliphatic carbocycles. The van der Waals surface area contributed by atoms with Gasteiger partial charge in [-0.15, -0.1) is 6.58 Å². The molecule has 98 valence electrons. The standard InChI is InChI=1S/C16H22O2/c1-5-13(11-15(17)10-12(2)3)14-6-8-16(18-4)9-7-14/h5-9,12-13H,1,10-11H2,2-4H3/t13-/m0/s1. The molecular formula is C16H22O2. The van der Waals surface area contributed by atoms with Gasteiger partial charge in [0.15, 0.2) is 0 Å². The number of ketones is 1. The van der Waals surface area contributed by atoms with Crippen LogP contribution < -0.4 is 4.74 Å². The smallest absolute Gasteiger partial charge is 0.134 e. The van der Waals surface area contributed by atoms with Gasteiger partial charge in [-0.25, -0.2) is 0 Å². The van der Waals surface area contributed by atoms with Gasteiger partial charge in [-0.2, -0.15) is 0 Å². The molecule has 0 unspecified atom stereocenters. The van der Waals surface area contributed by atoms with Crippen LogP contribution in [0.25, 0.3) is 0 Å². The summed E-state index contributed by atoms with van der Waals surface area (Å²) >= 11 is 0. The van der Waals surface area contributed by atoms with Crippen molar-refractivity contribution in [3.63, 3.8) is 0 Å². The van der Waals surface area contributed by atoms with Gasteiger partial charge in [0, 0.05) is 18.8 Å². The summed E-state index contributed by atoms with van der Waals surface area (Å²) in [6.07, 6.45) is 3.02. The predicted octanol–water partition coefficient (Wildman–Crippen LogP) is 3.97. The number of rotatable bonds is 7. The molecule has 0 aliphatic heterocycles. The van der Waals surface area contributed by atoms with E-state index >= 15 is 0 Å². The molecule has 2 nitrogen and oxygen atoms in total. The van der Waals surface area contributed by atoms with Crippen molar-refractivity contribution in [2.45, 2.75) is 32.6 Å². The van der Waals surface area contributed by atoms with Crippen LogP contribution in [0.3, 0.4) is 0 Å². The van der Waals surface area contributed by atoms with E-state index in [1.807, 2.05) is 30.3 Å². The van der Waals surface area contributed by atoms with Crippen LogP contribution in [-0.4, -0.2) is 12.9 Å². The number of hydrogen-bond acceptors (Lipinski definition) is 2. The van der Waals surface area contributed by atoms with E-state index in [-0.39, 0.29) is 5.92 Å². The van der Waals surface area contributed by atoms with Crippen molar-refractivity contribution in [2.24, 2.45) is 5.92 Å². The molecule has 0 saturated heterocycles. The summed E-state index contributed by atoms with van der Waals surface area (Å²) in [6, 6.07) is 7.82. The maximum atomic E-state index is 11.8. The number of methoxy groups -OCH3 is 1. The average Bonchev–Trinajstić information content (AvgIpc) is 2.35. The van der Waals surface area contributed by atoms with E-state index in [1.54, 1.807) is 7.11 Å². The van der Waals surface area contributed by atoms with Gasteiger partial charge in [-0.05, 0) is 23.6 Å². The lowest BCUT2D eigenvalue weighted by Gasteiger charge is -2.13. The highest BCUT2D eigenvalue weighted by Crippen LogP contribution is 2.24. The molecule has 0 fully saturated rings. The Kier molecular flexibility index (Phi) is 5.63. The van der Waals surface area contributed by atoms with Gasteiger partial charge in [0.25, 0.3) is 0 Å². The molecule has 18 heavy (non-hydrogen) atoms. The second kappa shape index (κ2) is 7.00.